The van der Waals surface area contributed by atoms with E-state index in [0.29, 0.717) is 55.5 Å². The lowest BCUT2D eigenvalue weighted by Gasteiger charge is -2.34. The molecular formula is C29H26F3N7O. The van der Waals surface area contributed by atoms with Crippen LogP contribution in [0.15, 0.2) is 66.7 Å². The molecule has 40 heavy (non-hydrogen) atoms. The van der Waals surface area contributed by atoms with Gasteiger partial charge in [0.25, 0.3) is 0 Å². The van der Waals surface area contributed by atoms with Crippen LogP contribution in [0.5, 0.6) is 5.75 Å². The molecule has 2 N–H and O–H groups in total. The second kappa shape index (κ2) is 10.5. The maximum absolute atomic E-state index is 15.1. The predicted octanol–water partition coefficient (Wildman–Crippen LogP) is 4.81. The van der Waals surface area contributed by atoms with Crippen molar-refractivity contribution >= 4 is 22.8 Å². The maximum atomic E-state index is 15.1. The van der Waals surface area contributed by atoms with Gasteiger partial charge in [0, 0.05) is 38.3 Å². The Bertz CT molecular complexity index is 1660. The van der Waals surface area contributed by atoms with Gasteiger partial charge in [0.1, 0.15) is 17.4 Å². The molecule has 3 aromatic carbocycles. The van der Waals surface area contributed by atoms with E-state index >= 15 is 4.39 Å². The molecule has 8 nitrogen and oxygen atoms in total. The number of fused-ring (bicyclic) bond motifs is 1. The van der Waals surface area contributed by atoms with E-state index in [1.165, 1.54) is 28.9 Å². The van der Waals surface area contributed by atoms with Gasteiger partial charge in [-0.3, -0.25) is 4.90 Å². The zero-order valence-corrected chi connectivity index (χ0v) is 21.7. The highest BCUT2D eigenvalue weighted by Gasteiger charge is 2.26. The molecule has 1 aliphatic rings. The van der Waals surface area contributed by atoms with Crippen molar-refractivity contribution in [3.63, 3.8) is 0 Å². The SMILES string of the molecule is COc1ccc(-n2nc3nc(N4CCN(Cc5ccc(F)cc5)CC4)nc(-c4cccc(F)c4F)c3c2N)cc1. The molecule has 0 bridgehead atoms. The van der Waals surface area contributed by atoms with E-state index in [9.17, 15) is 8.78 Å². The van der Waals surface area contributed by atoms with Crippen LogP contribution in [0.4, 0.5) is 24.9 Å². The summed E-state index contributed by atoms with van der Waals surface area (Å²) < 4.78 is 49.4. The Morgan fingerprint density at radius 1 is 0.875 bits per heavy atom. The fourth-order valence-electron chi connectivity index (χ4n) is 4.90. The highest BCUT2D eigenvalue weighted by atomic mass is 19.2. The number of nitrogens with zero attached hydrogens (tertiary/aromatic N) is 6. The van der Waals surface area contributed by atoms with Crippen molar-refractivity contribution in [2.75, 3.05) is 43.9 Å². The van der Waals surface area contributed by atoms with Crippen molar-refractivity contribution in [1.82, 2.24) is 24.6 Å². The summed E-state index contributed by atoms with van der Waals surface area (Å²) >= 11 is 0. The Balaban J connectivity index is 1.37. The van der Waals surface area contributed by atoms with Crippen molar-refractivity contribution < 1.29 is 17.9 Å². The summed E-state index contributed by atoms with van der Waals surface area (Å²) in [4.78, 5) is 13.6. The summed E-state index contributed by atoms with van der Waals surface area (Å²) in [7, 11) is 1.57. The first-order chi connectivity index (χ1) is 19.4. The number of halogens is 3. The second-order valence-corrected chi connectivity index (χ2v) is 9.56. The van der Waals surface area contributed by atoms with Crippen molar-refractivity contribution in [3.05, 3.63) is 89.7 Å². The van der Waals surface area contributed by atoms with E-state index in [-0.39, 0.29) is 28.5 Å². The van der Waals surface area contributed by atoms with Gasteiger partial charge in [0.05, 0.1) is 23.9 Å². The van der Waals surface area contributed by atoms with E-state index in [0.717, 1.165) is 11.6 Å². The molecule has 2 aromatic heterocycles. The molecule has 0 radical (unpaired) electrons. The molecule has 0 atom stereocenters. The molecule has 1 fully saturated rings. The molecule has 6 rings (SSSR count). The van der Waals surface area contributed by atoms with Gasteiger partial charge in [-0.1, -0.05) is 18.2 Å². The van der Waals surface area contributed by atoms with E-state index in [1.807, 2.05) is 4.90 Å². The van der Waals surface area contributed by atoms with E-state index in [1.54, 1.807) is 43.5 Å². The molecule has 1 aliphatic heterocycles. The van der Waals surface area contributed by atoms with Crippen LogP contribution in [0.3, 0.4) is 0 Å². The number of methoxy groups -OCH3 is 1. The fourth-order valence-corrected chi connectivity index (χ4v) is 4.90. The average Bonchev–Trinajstić information content (AvgIpc) is 3.32. The van der Waals surface area contributed by atoms with Crippen LogP contribution in [0.2, 0.25) is 0 Å². The number of nitrogen functional groups attached to an aromatic ring is 1. The van der Waals surface area contributed by atoms with Gasteiger partial charge in [0.2, 0.25) is 5.95 Å². The zero-order valence-electron chi connectivity index (χ0n) is 21.7. The first-order valence-corrected chi connectivity index (χ1v) is 12.8. The molecule has 0 saturated carbocycles. The van der Waals surface area contributed by atoms with E-state index in [4.69, 9.17) is 20.4 Å². The lowest BCUT2D eigenvalue weighted by molar-refractivity contribution is 0.248. The molecule has 204 valence electrons. The largest absolute Gasteiger partial charge is 0.497 e. The minimum absolute atomic E-state index is 0.0235. The van der Waals surface area contributed by atoms with Gasteiger partial charge in [0.15, 0.2) is 17.3 Å². The number of hydrogen-bond donors (Lipinski definition) is 1. The lowest BCUT2D eigenvalue weighted by Crippen LogP contribution is -2.46. The van der Waals surface area contributed by atoms with Gasteiger partial charge in [-0.15, -0.1) is 5.10 Å². The first kappa shape index (κ1) is 25.6. The molecule has 0 unspecified atom stereocenters. The Hall–Kier alpha value is -4.64. The smallest absolute Gasteiger partial charge is 0.228 e. The molecule has 0 amide bonds. The number of aromatic nitrogens is 4. The number of anilines is 2. The van der Waals surface area contributed by atoms with Crippen LogP contribution in [-0.4, -0.2) is 57.9 Å². The molecule has 1 saturated heterocycles. The Kier molecular flexibility index (Phi) is 6.72. The summed E-state index contributed by atoms with van der Waals surface area (Å²) in [5.41, 5.74) is 8.62. The molecule has 11 heteroatoms. The van der Waals surface area contributed by atoms with Crippen molar-refractivity contribution in [3.8, 4) is 22.7 Å². The number of hydrogen-bond acceptors (Lipinski definition) is 7. The Morgan fingerprint density at radius 2 is 1.60 bits per heavy atom. The van der Waals surface area contributed by atoms with Crippen LogP contribution < -0.4 is 15.4 Å². The minimum Gasteiger partial charge on any atom is -0.497 e. The second-order valence-electron chi connectivity index (χ2n) is 9.56. The summed E-state index contributed by atoms with van der Waals surface area (Å²) in [6.07, 6.45) is 0. The third-order valence-electron chi connectivity index (χ3n) is 7.06. The summed E-state index contributed by atoms with van der Waals surface area (Å²) in [6, 6.07) is 17.6. The molecular weight excluding hydrogens is 519 g/mol. The molecule has 3 heterocycles. The zero-order chi connectivity index (χ0) is 27.8. The van der Waals surface area contributed by atoms with Crippen LogP contribution in [-0.2, 0) is 6.54 Å². The van der Waals surface area contributed by atoms with Crippen molar-refractivity contribution in [2.24, 2.45) is 0 Å². The third-order valence-corrected chi connectivity index (χ3v) is 7.06. The number of benzene rings is 3. The minimum atomic E-state index is -1.02. The van der Waals surface area contributed by atoms with Gasteiger partial charge in [-0.05, 0) is 54.1 Å². The van der Waals surface area contributed by atoms with Crippen LogP contribution in [0, 0.1) is 17.5 Å². The quantitative estimate of drug-likeness (QED) is 0.328. The number of piperazine rings is 1. The van der Waals surface area contributed by atoms with E-state index < -0.39 is 11.6 Å². The first-order valence-electron chi connectivity index (χ1n) is 12.8. The normalized spacial score (nSPS) is 14.2. The number of rotatable bonds is 6. The number of nitrogens with two attached hydrogens (primary N) is 1. The highest BCUT2D eigenvalue weighted by Crippen LogP contribution is 2.35. The monoisotopic (exact) mass is 545 g/mol. The van der Waals surface area contributed by atoms with Gasteiger partial charge >= 0.3 is 0 Å². The van der Waals surface area contributed by atoms with E-state index in [2.05, 4.69) is 10.00 Å². The van der Waals surface area contributed by atoms with Gasteiger partial charge in [-0.25, -0.2) is 22.8 Å². The van der Waals surface area contributed by atoms with Crippen LogP contribution in [0.25, 0.3) is 28.0 Å². The van der Waals surface area contributed by atoms with Crippen LogP contribution >= 0.6 is 0 Å². The molecule has 0 aliphatic carbocycles. The summed E-state index contributed by atoms with van der Waals surface area (Å²) in [5, 5.41) is 4.96. The topological polar surface area (TPSA) is 85.3 Å². The van der Waals surface area contributed by atoms with Crippen molar-refractivity contribution in [2.45, 2.75) is 6.54 Å². The van der Waals surface area contributed by atoms with Crippen LogP contribution in [0.1, 0.15) is 5.56 Å². The standard InChI is InChI=1S/C29H26F3N7O/c1-40-21-11-9-20(10-12-21)39-27(33)24-26(22-3-2-4-23(31)25(22)32)34-29(35-28(24)36-39)38-15-13-37(14-16-38)17-18-5-7-19(30)8-6-18/h2-12H,13-17,33H2,1H3. The molecule has 5 aromatic rings. The predicted molar refractivity (Wildman–Crippen MR) is 147 cm³/mol. The Labute approximate surface area is 228 Å². The fraction of sp³-hybridized carbons (Fsp3) is 0.207. The summed E-state index contributed by atoms with van der Waals surface area (Å²) in [6.45, 7) is 3.32. The Morgan fingerprint density at radius 3 is 2.30 bits per heavy atom. The van der Waals surface area contributed by atoms with Gasteiger partial charge < -0.3 is 15.4 Å². The molecule has 0 spiro atoms. The highest BCUT2D eigenvalue weighted by molar-refractivity contribution is 5.99. The number of ether oxygens (including phenoxy) is 1. The van der Waals surface area contributed by atoms with Crippen molar-refractivity contribution in [1.29, 1.82) is 0 Å². The summed E-state index contributed by atoms with van der Waals surface area (Å²) in [5.74, 6) is -1.04. The van der Waals surface area contributed by atoms with Gasteiger partial charge in [-0.2, -0.15) is 4.98 Å². The maximum Gasteiger partial charge on any atom is 0.228 e. The average molecular weight is 546 g/mol. The lowest BCUT2D eigenvalue weighted by atomic mass is 10.1. The third kappa shape index (κ3) is 4.79.